The minimum Gasteiger partial charge on any atom is -0.306 e. The minimum absolute atomic E-state index is 0.200. The number of nitrogens with one attached hydrogen (secondary N) is 1. The van der Waals surface area contributed by atoms with Crippen LogP contribution in [0.1, 0.15) is 5.56 Å². The standard InChI is InChI=1S/C13H10ClN3O/c1-8-6-9(14)2-3-10(8)11-7-12-15-4-5-17(12)13(18)16-11/h2-7H,1H3,(H,16,18). The summed E-state index contributed by atoms with van der Waals surface area (Å²) in [4.78, 5) is 18.8. The Balaban J connectivity index is 2.28. The van der Waals surface area contributed by atoms with E-state index in [1.807, 2.05) is 25.1 Å². The van der Waals surface area contributed by atoms with Gasteiger partial charge in [-0.15, -0.1) is 0 Å². The summed E-state index contributed by atoms with van der Waals surface area (Å²) in [6.07, 6.45) is 3.23. The maximum absolute atomic E-state index is 11.9. The first-order valence-electron chi connectivity index (χ1n) is 5.48. The zero-order valence-electron chi connectivity index (χ0n) is 9.64. The molecule has 5 heteroatoms. The van der Waals surface area contributed by atoms with Crippen LogP contribution >= 0.6 is 11.6 Å². The molecular weight excluding hydrogens is 250 g/mol. The van der Waals surface area contributed by atoms with Gasteiger partial charge < -0.3 is 4.98 Å². The Morgan fingerprint density at radius 2 is 2.17 bits per heavy atom. The van der Waals surface area contributed by atoms with Crippen LogP contribution in [0.2, 0.25) is 5.02 Å². The number of rotatable bonds is 1. The number of fused-ring (bicyclic) bond motifs is 1. The van der Waals surface area contributed by atoms with Crippen molar-refractivity contribution in [3.8, 4) is 11.3 Å². The van der Waals surface area contributed by atoms with Gasteiger partial charge in [-0.1, -0.05) is 17.7 Å². The highest BCUT2D eigenvalue weighted by molar-refractivity contribution is 6.30. The molecule has 0 saturated carbocycles. The summed E-state index contributed by atoms with van der Waals surface area (Å²) in [5.41, 5.74) is 3.13. The number of hydrogen-bond donors (Lipinski definition) is 1. The number of aromatic nitrogens is 3. The Hall–Kier alpha value is -2.07. The van der Waals surface area contributed by atoms with Crippen LogP contribution in [0, 0.1) is 6.92 Å². The minimum atomic E-state index is -0.200. The highest BCUT2D eigenvalue weighted by Gasteiger charge is 2.06. The van der Waals surface area contributed by atoms with E-state index in [1.54, 1.807) is 18.5 Å². The predicted molar refractivity (Wildman–Crippen MR) is 71.0 cm³/mol. The molecule has 0 amide bonds. The third kappa shape index (κ3) is 1.71. The van der Waals surface area contributed by atoms with Gasteiger partial charge in [0.2, 0.25) is 0 Å². The lowest BCUT2D eigenvalue weighted by Crippen LogP contribution is -2.15. The van der Waals surface area contributed by atoms with E-state index < -0.39 is 0 Å². The van der Waals surface area contributed by atoms with E-state index in [0.29, 0.717) is 10.7 Å². The van der Waals surface area contributed by atoms with E-state index in [1.165, 1.54) is 4.40 Å². The number of imidazole rings is 1. The fourth-order valence-corrected chi connectivity index (χ4v) is 2.24. The summed E-state index contributed by atoms with van der Waals surface area (Å²) < 4.78 is 1.47. The van der Waals surface area contributed by atoms with Crippen LogP contribution in [0.4, 0.5) is 0 Å². The van der Waals surface area contributed by atoms with Crippen molar-refractivity contribution in [2.24, 2.45) is 0 Å². The number of hydrogen-bond acceptors (Lipinski definition) is 2. The average molecular weight is 260 g/mol. The highest BCUT2D eigenvalue weighted by atomic mass is 35.5. The molecule has 0 fully saturated rings. The molecular formula is C13H10ClN3O. The van der Waals surface area contributed by atoms with Gasteiger partial charge in [-0.25, -0.2) is 9.78 Å². The molecule has 2 aromatic heterocycles. The van der Waals surface area contributed by atoms with Gasteiger partial charge >= 0.3 is 5.69 Å². The van der Waals surface area contributed by atoms with Gasteiger partial charge in [0.1, 0.15) is 5.65 Å². The Labute approximate surface area is 108 Å². The Morgan fingerprint density at radius 3 is 2.94 bits per heavy atom. The summed E-state index contributed by atoms with van der Waals surface area (Å²) in [7, 11) is 0. The molecule has 1 N–H and O–H groups in total. The van der Waals surface area contributed by atoms with Crippen molar-refractivity contribution >= 4 is 17.2 Å². The van der Waals surface area contributed by atoms with Gasteiger partial charge in [0.25, 0.3) is 0 Å². The molecule has 0 unspecified atom stereocenters. The molecule has 1 aromatic carbocycles. The first kappa shape index (κ1) is 11.0. The van der Waals surface area contributed by atoms with Crippen molar-refractivity contribution in [3.05, 3.63) is 57.7 Å². The molecule has 0 aliphatic rings. The van der Waals surface area contributed by atoms with E-state index in [2.05, 4.69) is 9.97 Å². The fraction of sp³-hybridized carbons (Fsp3) is 0.0769. The van der Waals surface area contributed by atoms with Crippen molar-refractivity contribution < 1.29 is 0 Å². The molecule has 3 rings (SSSR count). The second-order valence-electron chi connectivity index (χ2n) is 4.10. The second-order valence-corrected chi connectivity index (χ2v) is 4.54. The maximum atomic E-state index is 11.9. The molecule has 0 saturated heterocycles. The van der Waals surface area contributed by atoms with Gasteiger partial charge in [-0.05, 0) is 24.6 Å². The SMILES string of the molecule is Cc1cc(Cl)ccc1-c1cc2nccn2c(=O)[nH]1. The van der Waals surface area contributed by atoms with Crippen LogP contribution in [0.25, 0.3) is 16.9 Å². The predicted octanol–water partition coefficient (Wildman–Crippen LogP) is 2.65. The zero-order valence-corrected chi connectivity index (χ0v) is 10.4. The number of halogens is 1. The third-order valence-corrected chi connectivity index (χ3v) is 3.12. The van der Waals surface area contributed by atoms with Crippen LogP contribution in [-0.2, 0) is 0 Å². The molecule has 90 valence electrons. The van der Waals surface area contributed by atoms with Crippen LogP contribution in [0.5, 0.6) is 0 Å². The first-order chi connectivity index (χ1) is 8.65. The summed E-state index contributed by atoms with van der Waals surface area (Å²) in [5.74, 6) is 0. The number of aromatic amines is 1. The lowest BCUT2D eigenvalue weighted by Gasteiger charge is -2.06. The lowest BCUT2D eigenvalue weighted by molar-refractivity contribution is 1.01. The largest absolute Gasteiger partial charge is 0.331 e. The van der Waals surface area contributed by atoms with E-state index in [0.717, 1.165) is 16.8 Å². The normalized spacial score (nSPS) is 11.0. The number of benzene rings is 1. The molecule has 4 nitrogen and oxygen atoms in total. The molecule has 18 heavy (non-hydrogen) atoms. The number of nitrogens with zero attached hydrogens (tertiary/aromatic N) is 2. The lowest BCUT2D eigenvalue weighted by atomic mass is 10.1. The van der Waals surface area contributed by atoms with Gasteiger partial charge in [-0.2, -0.15) is 0 Å². The Bertz CT molecular complexity index is 788. The third-order valence-electron chi connectivity index (χ3n) is 2.88. The molecule has 0 spiro atoms. The van der Waals surface area contributed by atoms with Crippen molar-refractivity contribution in [1.82, 2.24) is 14.4 Å². The van der Waals surface area contributed by atoms with Crippen LogP contribution < -0.4 is 5.69 Å². The Kier molecular flexibility index (Phi) is 2.45. The summed E-state index contributed by atoms with van der Waals surface area (Å²) in [6, 6.07) is 7.41. The maximum Gasteiger partial charge on any atom is 0.331 e. The van der Waals surface area contributed by atoms with E-state index in [4.69, 9.17) is 11.6 Å². The number of H-pyrrole nitrogens is 1. The number of aryl methyl sites for hydroxylation is 1. The quantitative estimate of drug-likeness (QED) is 0.730. The highest BCUT2D eigenvalue weighted by Crippen LogP contribution is 2.24. The van der Waals surface area contributed by atoms with E-state index in [-0.39, 0.29) is 5.69 Å². The molecule has 0 aliphatic carbocycles. The van der Waals surface area contributed by atoms with Gasteiger partial charge in [0, 0.05) is 29.0 Å². The average Bonchev–Trinajstić information content (AvgIpc) is 2.77. The fourth-order valence-electron chi connectivity index (χ4n) is 2.01. The van der Waals surface area contributed by atoms with Crippen LogP contribution in [0.15, 0.2) is 41.5 Å². The van der Waals surface area contributed by atoms with Crippen molar-refractivity contribution in [1.29, 1.82) is 0 Å². The van der Waals surface area contributed by atoms with E-state index >= 15 is 0 Å². The summed E-state index contributed by atoms with van der Waals surface area (Å²) in [6.45, 7) is 1.95. The molecule has 0 atom stereocenters. The van der Waals surface area contributed by atoms with Crippen LogP contribution in [-0.4, -0.2) is 14.4 Å². The zero-order chi connectivity index (χ0) is 12.7. The van der Waals surface area contributed by atoms with Crippen LogP contribution in [0.3, 0.4) is 0 Å². The van der Waals surface area contributed by atoms with Crippen molar-refractivity contribution in [2.75, 3.05) is 0 Å². The summed E-state index contributed by atoms with van der Waals surface area (Å²) in [5, 5.41) is 0.681. The molecule has 3 aromatic rings. The molecule has 2 heterocycles. The van der Waals surface area contributed by atoms with Gasteiger partial charge in [0.05, 0.1) is 5.69 Å². The molecule has 0 aliphatic heterocycles. The van der Waals surface area contributed by atoms with Gasteiger partial charge in [-0.3, -0.25) is 4.40 Å². The van der Waals surface area contributed by atoms with E-state index in [9.17, 15) is 4.79 Å². The second kappa shape index (κ2) is 3.99. The smallest absolute Gasteiger partial charge is 0.306 e. The molecule has 0 radical (unpaired) electrons. The first-order valence-corrected chi connectivity index (χ1v) is 5.86. The molecule has 0 bridgehead atoms. The van der Waals surface area contributed by atoms with Crippen molar-refractivity contribution in [3.63, 3.8) is 0 Å². The summed E-state index contributed by atoms with van der Waals surface area (Å²) >= 11 is 5.92. The Morgan fingerprint density at radius 1 is 1.33 bits per heavy atom. The monoisotopic (exact) mass is 259 g/mol. The van der Waals surface area contributed by atoms with Gasteiger partial charge in [0.15, 0.2) is 0 Å². The topological polar surface area (TPSA) is 50.2 Å². The van der Waals surface area contributed by atoms with Crippen molar-refractivity contribution in [2.45, 2.75) is 6.92 Å².